The smallest absolute Gasteiger partial charge is 0.0543 e. The maximum atomic E-state index is 2.54. The van der Waals surface area contributed by atoms with E-state index in [-0.39, 0.29) is 10.8 Å². The van der Waals surface area contributed by atoms with Crippen LogP contribution in [-0.2, 0) is 10.8 Å². The van der Waals surface area contributed by atoms with Crippen molar-refractivity contribution in [2.45, 2.75) is 66.2 Å². The number of fused-ring (bicyclic) bond motifs is 11. The summed E-state index contributed by atoms with van der Waals surface area (Å²) in [5.74, 6) is 0. The maximum absolute atomic E-state index is 2.54. The Bertz CT molecular complexity index is 3600. The minimum atomic E-state index is -0.343. The monoisotopic (exact) mass is 900 g/mol. The topological polar surface area (TPSA) is 6.48 Å². The molecule has 2 aliphatic carbocycles. The Kier molecular flexibility index (Phi) is 9.21. The number of anilines is 6. The Morgan fingerprint density at radius 2 is 0.529 bits per heavy atom. The van der Waals surface area contributed by atoms with Crippen LogP contribution >= 0.6 is 0 Å². The van der Waals surface area contributed by atoms with Crippen LogP contribution in [-0.4, -0.2) is 0 Å². The van der Waals surface area contributed by atoms with E-state index in [0.29, 0.717) is 0 Å². The van der Waals surface area contributed by atoms with E-state index in [2.05, 4.69) is 259 Å². The summed E-state index contributed by atoms with van der Waals surface area (Å²) in [7, 11) is 0. The van der Waals surface area contributed by atoms with Crippen molar-refractivity contribution in [1.29, 1.82) is 0 Å². The summed E-state index contributed by atoms with van der Waals surface area (Å²) in [6.07, 6.45) is 0. The molecule has 0 spiro atoms. The Hall–Kier alpha value is -7.94. The second-order valence-corrected chi connectivity index (χ2v) is 21.2. The van der Waals surface area contributed by atoms with Gasteiger partial charge in [-0.25, -0.2) is 0 Å². The minimum Gasteiger partial charge on any atom is -0.310 e. The zero-order chi connectivity index (χ0) is 47.8. The Morgan fingerprint density at radius 3 is 0.814 bits per heavy atom. The van der Waals surface area contributed by atoms with Gasteiger partial charge >= 0.3 is 0 Å². The van der Waals surface area contributed by atoms with Crippen LogP contribution < -0.4 is 9.80 Å². The molecule has 0 heterocycles. The van der Waals surface area contributed by atoms with Crippen molar-refractivity contribution in [3.8, 4) is 22.3 Å². The third kappa shape index (κ3) is 6.05. The van der Waals surface area contributed by atoms with E-state index in [0.717, 1.165) is 22.7 Å². The lowest BCUT2D eigenvalue weighted by Crippen LogP contribution is -2.29. The van der Waals surface area contributed by atoms with E-state index >= 15 is 0 Å². The summed E-state index contributed by atoms with van der Waals surface area (Å²) >= 11 is 0. The molecule has 0 saturated heterocycles. The van der Waals surface area contributed by atoms with Gasteiger partial charge in [0.05, 0.1) is 11.4 Å². The molecular formula is C68H56N2. The average molecular weight is 901 g/mol. The largest absolute Gasteiger partial charge is 0.310 e. The highest BCUT2D eigenvalue weighted by molar-refractivity contribution is 6.30. The quantitative estimate of drug-likeness (QED) is 0.153. The average Bonchev–Trinajstić information content (AvgIpc) is 3.37. The zero-order valence-electron chi connectivity index (χ0n) is 41.4. The van der Waals surface area contributed by atoms with Crippen LogP contribution in [0.25, 0.3) is 65.3 Å². The lowest BCUT2D eigenvalue weighted by molar-refractivity contribution is 0.634. The lowest BCUT2D eigenvalue weighted by atomic mass is 9.61. The fraction of sp³-hybridized carbons (Fsp3) is 0.147. The van der Waals surface area contributed by atoms with Crippen molar-refractivity contribution in [1.82, 2.24) is 0 Å². The molecule has 0 amide bonds. The molecule has 0 aliphatic heterocycles. The van der Waals surface area contributed by atoms with Crippen LogP contribution in [0.2, 0.25) is 0 Å². The Morgan fingerprint density at radius 1 is 0.271 bits per heavy atom. The fourth-order valence-electron chi connectivity index (χ4n) is 12.4. The normalized spacial score (nSPS) is 13.9. The van der Waals surface area contributed by atoms with E-state index in [1.165, 1.54) is 121 Å². The van der Waals surface area contributed by atoms with Gasteiger partial charge in [0.15, 0.2) is 0 Å². The predicted molar refractivity (Wildman–Crippen MR) is 300 cm³/mol. The van der Waals surface area contributed by atoms with E-state index < -0.39 is 0 Å². The summed E-state index contributed by atoms with van der Waals surface area (Å²) < 4.78 is 0. The van der Waals surface area contributed by atoms with E-state index in [4.69, 9.17) is 0 Å². The van der Waals surface area contributed by atoms with Gasteiger partial charge < -0.3 is 9.80 Å². The first-order valence-electron chi connectivity index (χ1n) is 24.9. The standard InChI is InChI=1S/C68H56N2/c1-41-21-29-45(30-22-41)69(46-31-23-42(2)24-32-46)59-39-57-61(51-17-11-9-15-49(51)59)63-53-19-13-14-20-54(53)64-62-52-18-12-10-16-50(52)60(70(47-33-25-43(3)26-34-47)48-35-27-44(4)28-36-48)40-58(62)68(7,8)56-38-37-55(67(57,5)6)65(63)66(56)64/h9-40H,1-8H3. The summed E-state index contributed by atoms with van der Waals surface area (Å²) in [5.41, 5.74) is 22.1. The molecule has 11 aromatic rings. The number of benzene rings is 11. The van der Waals surface area contributed by atoms with E-state index in [9.17, 15) is 0 Å². The molecule has 0 saturated carbocycles. The lowest BCUT2D eigenvalue weighted by Gasteiger charge is -2.43. The van der Waals surface area contributed by atoms with Gasteiger partial charge in [-0.2, -0.15) is 0 Å². The number of rotatable bonds is 6. The van der Waals surface area contributed by atoms with Gasteiger partial charge in [-0.15, -0.1) is 0 Å². The van der Waals surface area contributed by atoms with E-state index in [1.807, 2.05) is 0 Å². The molecular weight excluding hydrogens is 845 g/mol. The van der Waals surface area contributed by atoms with Crippen LogP contribution in [0.3, 0.4) is 0 Å². The molecule has 2 aliphatic rings. The van der Waals surface area contributed by atoms with Crippen LogP contribution in [0, 0.1) is 27.7 Å². The second-order valence-electron chi connectivity index (χ2n) is 21.2. The molecule has 11 aromatic carbocycles. The molecule has 0 unspecified atom stereocenters. The fourth-order valence-corrected chi connectivity index (χ4v) is 12.4. The third-order valence-corrected chi connectivity index (χ3v) is 16.1. The van der Waals surface area contributed by atoms with E-state index in [1.54, 1.807) is 0 Å². The van der Waals surface area contributed by atoms with Crippen molar-refractivity contribution >= 4 is 77.2 Å². The molecule has 0 aromatic heterocycles. The molecule has 13 rings (SSSR count). The molecule has 2 heteroatoms. The number of hydrogen-bond donors (Lipinski definition) is 0. The molecule has 0 radical (unpaired) electrons. The SMILES string of the molecule is Cc1ccc(N(c2ccc(C)cc2)c2cc3c(c4ccccc24)-c2c4ccccc4c4c5c(ccc(c25)C3(C)C)C(C)(C)c2cc(N(c3ccc(C)cc3)c3ccc(C)cc3)c3ccccc3c2-4)cc1. The second kappa shape index (κ2) is 15.3. The highest BCUT2D eigenvalue weighted by atomic mass is 15.1. The van der Waals surface area contributed by atoms with Crippen LogP contribution in [0.1, 0.15) is 72.2 Å². The van der Waals surface area contributed by atoms with Gasteiger partial charge in [0.2, 0.25) is 0 Å². The van der Waals surface area contributed by atoms with Gasteiger partial charge in [-0.3, -0.25) is 0 Å². The first kappa shape index (κ1) is 42.2. The highest BCUT2D eigenvalue weighted by Crippen LogP contribution is 2.62. The Balaban J connectivity index is 1.14. The van der Waals surface area contributed by atoms with Crippen LogP contribution in [0.15, 0.2) is 194 Å². The highest BCUT2D eigenvalue weighted by Gasteiger charge is 2.43. The number of hydrogen-bond acceptors (Lipinski definition) is 2. The van der Waals surface area contributed by atoms with Crippen LogP contribution in [0.5, 0.6) is 0 Å². The van der Waals surface area contributed by atoms with Crippen molar-refractivity contribution in [3.05, 3.63) is 239 Å². The van der Waals surface area contributed by atoms with Gasteiger partial charge in [0.1, 0.15) is 0 Å². The minimum absolute atomic E-state index is 0.343. The number of nitrogens with zero attached hydrogens (tertiary/aromatic N) is 2. The van der Waals surface area contributed by atoms with Crippen molar-refractivity contribution in [2.75, 3.05) is 9.80 Å². The predicted octanol–water partition coefficient (Wildman–Crippen LogP) is 19.1. The molecule has 0 fully saturated rings. The van der Waals surface area contributed by atoms with Crippen molar-refractivity contribution in [2.24, 2.45) is 0 Å². The molecule has 70 heavy (non-hydrogen) atoms. The third-order valence-electron chi connectivity index (χ3n) is 16.1. The van der Waals surface area contributed by atoms with Gasteiger partial charge in [-0.05, 0) is 165 Å². The van der Waals surface area contributed by atoms with Gasteiger partial charge in [-0.1, -0.05) is 183 Å². The molecule has 0 N–H and O–H groups in total. The first-order valence-corrected chi connectivity index (χ1v) is 24.9. The molecule has 338 valence electrons. The van der Waals surface area contributed by atoms with Crippen molar-refractivity contribution in [3.63, 3.8) is 0 Å². The van der Waals surface area contributed by atoms with Gasteiger partial charge in [0.25, 0.3) is 0 Å². The number of aryl methyl sites for hydroxylation is 4. The van der Waals surface area contributed by atoms with Crippen molar-refractivity contribution < 1.29 is 0 Å². The Labute approximate surface area is 412 Å². The summed E-state index contributed by atoms with van der Waals surface area (Å²) in [6.45, 7) is 18.5. The molecule has 2 nitrogen and oxygen atoms in total. The summed E-state index contributed by atoms with van der Waals surface area (Å²) in [6, 6.07) is 73.8. The first-order chi connectivity index (χ1) is 33.9. The maximum Gasteiger partial charge on any atom is 0.0543 e. The van der Waals surface area contributed by atoms with Gasteiger partial charge in [0, 0.05) is 44.4 Å². The summed E-state index contributed by atoms with van der Waals surface area (Å²) in [5, 5.41) is 10.4. The molecule has 0 bridgehead atoms. The molecule has 0 atom stereocenters. The summed E-state index contributed by atoms with van der Waals surface area (Å²) in [4.78, 5) is 4.95. The van der Waals surface area contributed by atoms with Crippen LogP contribution in [0.4, 0.5) is 34.1 Å². The zero-order valence-corrected chi connectivity index (χ0v) is 41.4.